The van der Waals surface area contributed by atoms with Gasteiger partial charge in [-0.05, 0) is 32.5 Å². The summed E-state index contributed by atoms with van der Waals surface area (Å²) in [5, 5.41) is 3.51. The van der Waals surface area contributed by atoms with Crippen molar-refractivity contribution in [1.29, 1.82) is 0 Å². The first-order valence-corrected chi connectivity index (χ1v) is 8.51. The number of rotatable bonds is 5. The molecule has 0 spiro atoms. The molecule has 114 valence electrons. The molecule has 3 nitrogen and oxygen atoms in total. The van der Waals surface area contributed by atoms with Crippen molar-refractivity contribution in [2.24, 2.45) is 0 Å². The number of hydrogen-bond donors (Lipinski definition) is 1. The molecule has 1 aliphatic rings. The van der Waals surface area contributed by atoms with Gasteiger partial charge in [-0.2, -0.15) is 0 Å². The van der Waals surface area contributed by atoms with Gasteiger partial charge in [0, 0.05) is 54.6 Å². The summed E-state index contributed by atoms with van der Waals surface area (Å²) in [7, 11) is 2.23. The normalized spacial score (nSPS) is 21.8. The summed E-state index contributed by atoms with van der Waals surface area (Å²) >= 11 is 1.95. The van der Waals surface area contributed by atoms with Crippen LogP contribution in [0.4, 0.5) is 0 Å². The Morgan fingerprint density at radius 1 is 1.40 bits per heavy atom. The predicted molar refractivity (Wildman–Crippen MR) is 88.4 cm³/mol. The molecule has 2 heterocycles. The number of aryl methyl sites for hydroxylation is 1. The van der Waals surface area contributed by atoms with Crippen LogP contribution >= 0.6 is 11.3 Å². The smallest absolute Gasteiger partial charge is 0.0302 e. The van der Waals surface area contributed by atoms with Gasteiger partial charge in [-0.15, -0.1) is 11.3 Å². The second-order valence-corrected chi connectivity index (χ2v) is 7.74. The fourth-order valence-electron chi connectivity index (χ4n) is 2.64. The molecule has 2 rings (SSSR count). The molecule has 1 saturated heterocycles. The summed E-state index contributed by atoms with van der Waals surface area (Å²) in [6.45, 7) is 14.7. The second kappa shape index (κ2) is 7.03. The molecule has 1 fully saturated rings. The quantitative estimate of drug-likeness (QED) is 0.901. The number of nitrogens with one attached hydrogen (secondary N) is 1. The number of thiophene rings is 1. The summed E-state index contributed by atoms with van der Waals surface area (Å²) < 4.78 is 0. The molecule has 0 aromatic carbocycles. The summed E-state index contributed by atoms with van der Waals surface area (Å²) in [5.74, 6) is 0. The van der Waals surface area contributed by atoms with Crippen LogP contribution in [0.5, 0.6) is 0 Å². The van der Waals surface area contributed by atoms with E-state index < -0.39 is 0 Å². The molecule has 1 unspecified atom stereocenters. The third kappa shape index (κ3) is 4.29. The van der Waals surface area contributed by atoms with Gasteiger partial charge < -0.3 is 10.2 Å². The molecular formula is C16H29N3S. The van der Waals surface area contributed by atoms with E-state index in [0.29, 0.717) is 12.1 Å². The number of piperazine rings is 1. The molecular weight excluding hydrogens is 266 g/mol. The van der Waals surface area contributed by atoms with Crippen LogP contribution in [0.15, 0.2) is 6.07 Å². The van der Waals surface area contributed by atoms with Crippen LogP contribution in [-0.2, 0) is 13.1 Å². The Balaban J connectivity index is 1.92. The maximum atomic E-state index is 3.51. The first-order valence-electron chi connectivity index (χ1n) is 7.70. The summed E-state index contributed by atoms with van der Waals surface area (Å²) in [4.78, 5) is 8.00. The van der Waals surface area contributed by atoms with E-state index in [9.17, 15) is 0 Å². The first kappa shape index (κ1) is 16.0. The molecule has 1 aromatic rings. The Morgan fingerprint density at radius 3 is 2.80 bits per heavy atom. The highest BCUT2D eigenvalue weighted by atomic mass is 32.1. The molecule has 0 radical (unpaired) electrons. The van der Waals surface area contributed by atoms with Crippen LogP contribution in [0.3, 0.4) is 0 Å². The molecule has 0 amide bonds. The average molecular weight is 295 g/mol. The highest BCUT2D eigenvalue weighted by molar-refractivity contribution is 7.12. The fraction of sp³-hybridized carbons (Fsp3) is 0.750. The van der Waals surface area contributed by atoms with Gasteiger partial charge in [0.15, 0.2) is 0 Å². The summed E-state index contributed by atoms with van der Waals surface area (Å²) in [6.07, 6.45) is 0. The van der Waals surface area contributed by atoms with Crippen molar-refractivity contribution >= 4 is 11.3 Å². The van der Waals surface area contributed by atoms with Crippen LogP contribution < -0.4 is 5.32 Å². The van der Waals surface area contributed by atoms with Crippen LogP contribution in [-0.4, -0.2) is 48.6 Å². The summed E-state index contributed by atoms with van der Waals surface area (Å²) in [5.41, 5.74) is 1.52. The van der Waals surface area contributed by atoms with Crippen molar-refractivity contribution in [3.63, 3.8) is 0 Å². The highest BCUT2D eigenvalue weighted by Gasteiger charge is 2.21. The van der Waals surface area contributed by atoms with Gasteiger partial charge >= 0.3 is 0 Å². The van der Waals surface area contributed by atoms with Crippen LogP contribution in [0.25, 0.3) is 0 Å². The molecule has 0 bridgehead atoms. The van der Waals surface area contributed by atoms with E-state index >= 15 is 0 Å². The maximum absolute atomic E-state index is 3.51. The Morgan fingerprint density at radius 2 is 2.15 bits per heavy atom. The maximum Gasteiger partial charge on any atom is 0.0302 e. The molecule has 1 aliphatic heterocycles. The monoisotopic (exact) mass is 295 g/mol. The lowest BCUT2D eigenvalue weighted by Gasteiger charge is -2.37. The van der Waals surface area contributed by atoms with Gasteiger partial charge in [0.2, 0.25) is 0 Å². The minimum atomic E-state index is 0.555. The average Bonchev–Trinajstić information content (AvgIpc) is 2.72. The minimum Gasteiger partial charge on any atom is -0.310 e. The second-order valence-electron chi connectivity index (χ2n) is 6.39. The van der Waals surface area contributed by atoms with Crippen molar-refractivity contribution in [3.05, 3.63) is 21.4 Å². The Kier molecular flexibility index (Phi) is 5.61. The van der Waals surface area contributed by atoms with E-state index in [1.54, 1.807) is 0 Å². The molecule has 1 aromatic heterocycles. The standard InChI is InChI=1S/C16H29N3S/c1-12(2)17-9-16-8-15(14(4)20-16)11-19-7-6-18(5)13(3)10-19/h8,12-13,17H,6-7,9-11H2,1-5H3. The van der Waals surface area contributed by atoms with E-state index in [4.69, 9.17) is 0 Å². The van der Waals surface area contributed by atoms with Gasteiger partial charge in [-0.1, -0.05) is 13.8 Å². The zero-order valence-corrected chi connectivity index (χ0v) is 14.4. The summed E-state index contributed by atoms with van der Waals surface area (Å²) in [6, 6.07) is 3.63. The third-order valence-electron chi connectivity index (χ3n) is 4.19. The zero-order valence-electron chi connectivity index (χ0n) is 13.6. The van der Waals surface area contributed by atoms with E-state index in [0.717, 1.165) is 13.1 Å². The van der Waals surface area contributed by atoms with E-state index in [1.807, 2.05) is 11.3 Å². The highest BCUT2D eigenvalue weighted by Crippen LogP contribution is 2.24. The minimum absolute atomic E-state index is 0.555. The molecule has 0 saturated carbocycles. The largest absolute Gasteiger partial charge is 0.310 e. The third-order valence-corrected chi connectivity index (χ3v) is 5.29. The molecule has 0 aliphatic carbocycles. The Labute approximate surface area is 128 Å². The molecule has 1 atom stereocenters. The first-order chi connectivity index (χ1) is 9.45. The van der Waals surface area contributed by atoms with Gasteiger partial charge in [-0.3, -0.25) is 4.90 Å². The predicted octanol–water partition coefficient (Wildman–Crippen LogP) is 2.69. The lowest BCUT2D eigenvalue weighted by Crippen LogP contribution is -2.49. The Hall–Kier alpha value is -0.420. The fourth-order valence-corrected chi connectivity index (χ4v) is 3.65. The van der Waals surface area contributed by atoms with Crippen LogP contribution in [0.2, 0.25) is 0 Å². The van der Waals surface area contributed by atoms with Crippen molar-refractivity contribution in [2.75, 3.05) is 26.7 Å². The molecule has 1 N–H and O–H groups in total. The number of likely N-dealkylation sites (N-methyl/N-ethyl adjacent to an activating group) is 1. The van der Waals surface area contributed by atoms with Crippen molar-refractivity contribution in [3.8, 4) is 0 Å². The zero-order chi connectivity index (χ0) is 14.7. The van der Waals surface area contributed by atoms with Gasteiger partial charge in [0.25, 0.3) is 0 Å². The Bertz CT molecular complexity index is 427. The van der Waals surface area contributed by atoms with E-state index in [2.05, 4.69) is 55.9 Å². The lowest BCUT2D eigenvalue weighted by molar-refractivity contribution is 0.0999. The molecule has 4 heteroatoms. The van der Waals surface area contributed by atoms with Crippen LogP contribution in [0, 0.1) is 6.92 Å². The molecule has 20 heavy (non-hydrogen) atoms. The lowest BCUT2D eigenvalue weighted by atomic mass is 10.1. The number of nitrogens with zero attached hydrogens (tertiary/aromatic N) is 2. The topological polar surface area (TPSA) is 18.5 Å². The van der Waals surface area contributed by atoms with Gasteiger partial charge in [-0.25, -0.2) is 0 Å². The van der Waals surface area contributed by atoms with Gasteiger partial charge in [0.05, 0.1) is 0 Å². The SMILES string of the molecule is Cc1sc(CNC(C)C)cc1CN1CCN(C)C(C)C1. The van der Waals surface area contributed by atoms with Crippen molar-refractivity contribution in [2.45, 2.75) is 52.9 Å². The van der Waals surface area contributed by atoms with Crippen LogP contribution in [0.1, 0.15) is 36.1 Å². The van der Waals surface area contributed by atoms with Crippen molar-refractivity contribution < 1.29 is 0 Å². The van der Waals surface area contributed by atoms with Crippen molar-refractivity contribution in [1.82, 2.24) is 15.1 Å². The van der Waals surface area contributed by atoms with Gasteiger partial charge in [0.1, 0.15) is 0 Å². The van der Waals surface area contributed by atoms with E-state index in [-0.39, 0.29) is 0 Å². The number of hydrogen-bond acceptors (Lipinski definition) is 4. The van der Waals surface area contributed by atoms with E-state index in [1.165, 1.54) is 35.0 Å².